The summed E-state index contributed by atoms with van der Waals surface area (Å²) in [6.07, 6.45) is 1.70. The van der Waals surface area contributed by atoms with Crippen molar-refractivity contribution < 1.29 is 0 Å². The first kappa shape index (κ1) is 22.4. The molecule has 3 N–H and O–H groups in total. The van der Waals surface area contributed by atoms with Crippen LogP contribution in [0.3, 0.4) is 0 Å². The minimum absolute atomic E-state index is 0.446. The number of nitrogens with one attached hydrogen (secondary N) is 1. The van der Waals surface area contributed by atoms with Crippen molar-refractivity contribution in [2.24, 2.45) is 0 Å². The highest BCUT2D eigenvalue weighted by atomic mass is 15.2. The fraction of sp³-hybridized carbons (Fsp3) is 0.207. The van der Waals surface area contributed by atoms with Crippen LogP contribution in [-0.2, 0) is 6.54 Å². The maximum absolute atomic E-state index is 6.29. The topological polar surface area (TPSA) is 84.9 Å². The first-order chi connectivity index (χ1) is 17.7. The third kappa shape index (κ3) is 4.34. The Balaban J connectivity index is 1.44. The Morgan fingerprint density at radius 1 is 0.944 bits per heavy atom. The van der Waals surface area contributed by atoms with Gasteiger partial charge in [-0.3, -0.25) is 9.47 Å². The number of imidazole rings is 1. The minimum Gasteiger partial charge on any atom is -0.383 e. The van der Waals surface area contributed by atoms with Crippen LogP contribution in [0.15, 0.2) is 85.1 Å². The Bertz CT molecular complexity index is 1490. The first-order valence-electron chi connectivity index (χ1n) is 12.4. The second-order valence-electron chi connectivity index (χ2n) is 9.37. The second-order valence-corrected chi connectivity index (χ2v) is 9.37. The summed E-state index contributed by atoms with van der Waals surface area (Å²) in [5, 5.41) is 3.51. The van der Waals surface area contributed by atoms with Gasteiger partial charge in [0.15, 0.2) is 11.5 Å². The summed E-state index contributed by atoms with van der Waals surface area (Å²) in [6, 6.07) is 27.3. The lowest BCUT2D eigenvalue weighted by molar-refractivity contribution is 0.199. The summed E-state index contributed by atoms with van der Waals surface area (Å²) in [7, 11) is 0. The third-order valence-corrected chi connectivity index (χ3v) is 6.71. The van der Waals surface area contributed by atoms with Crippen molar-refractivity contribution >= 4 is 17.0 Å². The number of hydrogen-bond donors (Lipinski definition) is 2. The van der Waals surface area contributed by atoms with Crippen molar-refractivity contribution in [2.75, 3.05) is 25.4 Å². The number of nitrogens with two attached hydrogens (primary N) is 1. The summed E-state index contributed by atoms with van der Waals surface area (Å²) >= 11 is 0. The first-order valence-corrected chi connectivity index (χ1v) is 12.4. The van der Waals surface area contributed by atoms with E-state index in [1.54, 1.807) is 6.20 Å². The zero-order chi connectivity index (χ0) is 24.5. The number of anilines is 1. The molecular formula is C29H29N7. The quantitative estimate of drug-likeness (QED) is 0.389. The highest BCUT2D eigenvalue weighted by Gasteiger charge is 2.19. The van der Waals surface area contributed by atoms with E-state index >= 15 is 0 Å². The van der Waals surface area contributed by atoms with Crippen molar-refractivity contribution in [3.63, 3.8) is 0 Å². The van der Waals surface area contributed by atoms with Crippen molar-refractivity contribution in [2.45, 2.75) is 19.5 Å². The van der Waals surface area contributed by atoms with E-state index in [1.165, 1.54) is 5.56 Å². The van der Waals surface area contributed by atoms with Gasteiger partial charge in [-0.05, 0) is 48.9 Å². The summed E-state index contributed by atoms with van der Waals surface area (Å²) in [4.78, 5) is 16.8. The van der Waals surface area contributed by atoms with Gasteiger partial charge < -0.3 is 11.1 Å². The van der Waals surface area contributed by atoms with E-state index in [-0.39, 0.29) is 0 Å². The summed E-state index contributed by atoms with van der Waals surface area (Å²) in [6.45, 7) is 6.34. The van der Waals surface area contributed by atoms with Gasteiger partial charge in [0.25, 0.3) is 0 Å². The van der Waals surface area contributed by atoms with Crippen molar-refractivity contribution in [3.05, 3.63) is 90.6 Å². The number of pyridine rings is 2. The summed E-state index contributed by atoms with van der Waals surface area (Å²) < 4.78 is 2.09. The van der Waals surface area contributed by atoms with E-state index in [4.69, 9.17) is 15.7 Å². The number of rotatable bonds is 5. The molecule has 0 spiro atoms. The highest BCUT2D eigenvalue weighted by molar-refractivity contribution is 5.84. The van der Waals surface area contributed by atoms with Crippen molar-refractivity contribution in [3.8, 4) is 28.3 Å². The molecule has 0 radical (unpaired) electrons. The SMILES string of the molecule is C[C@@H]1CN(Cc2ccc(-n3c(-c4cccnc4N)nc4ccc(-c5ccccc5)nc43)cc2)CCN1. The van der Waals surface area contributed by atoms with Crippen LogP contribution < -0.4 is 11.1 Å². The van der Waals surface area contributed by atoms with Crippen LogP contribution in [0.25, 0.3) is 39.5 Å². The average Bonchev–Trinajstić information content (AvgIpc) is 3.28. The van der Waals surface area contributed by atoms with Gasteiger partial charge in [0.1, 0.15) is 11.3 Å². The summed E-state index contributed by atoms with van der Waals surface area (Å²) in [5.41, 5.74) is 12.9. The standard InChI is InChI=1S/C29H29N7/c1-20-18-35(17-16-31-20)19-21-9-11-23(12-10-21)36-28(24-8-5-15-32-27(24)30)34-26-14-13-25(33-29(26)36)22-6-3-2-4-7-22/h2-15,20,31H,16-19H2,1H3,(H2,30,32)/t20-/m1/s1. The molecule has 2 aromatic carbocycles. The smallest absolute Gasteiger partial charge is 0.165 e. The average molecular weight is 476 g/mol. The number of hydrogen-bond acceptors (Lipinski definition) is 6. The van der Waals surface area contributed by atoms with Crippen molar-refractivity contribution in [1.29, 1.82) is 0 Å². The Morgan fingerprint density at radius 2 is 1.78 bits per heavy atom. The number of piperazine rings is 1. The predicted octanol–water partition coefficient (Wildman–Crippen LogP) is 4.53. The molecule has 0 bridgehead atoms. The van der Waals surface area contributed by atoms with Gasteiger partial charge in [-0.1, -0.05) is 42.5 Å². The van der Waals surface area contributed by atoms with Crippen LogP contribution in [0.4, 0.5) is 5.82 Å². The Hall–Kier alpha value is -4.07. The van der Waals surface area contributed by atoms with E-state index in [0.29, 0.717) is 11.9 Å². The summed E-state index contributed by atoms with van der Waals surface area (Å²) in [5.74, 6) is 1.18. The van der Waals surface area contributed by atoms with Gasteiger partial charge in [-0.25, -0.2) is 15.0 Å². The molecule has 1 saturated heterocycles. The van der Waals surface area contributed by atoms with Crippen LogP contribution in [0, 0.1) is 0 Å². The molecule has 0 amide bonds. The maximum atomic E-state index is 6.29. The third-order valence-electron chi connectivity index (χ3n) is 6.71. The normalized spacial score (nSPS) is 16.4. The maximum Gasteiger partial charge on any atom is 0.165 e. The van der Waals surface area contributed by atoms with Crippen LogP contribution in [0.1, 0.15) is 12.5 Å². The van der Waals surface area contributed by atoms with Crippen LogP contribution in [0.2, 0.25) is 0 Å². The zero-order valence-electron chi connectivity index (χ0n) is 20.3. The molecule has 5 aromatic rings. The Morgan fingerprint density at radius 3 is 2.56 bits per heavy atom. The van der Waals surface area contributed by atoms with Crippen LogP contribution in [0.5, 0.6) is 0 Å². The lowest BCUT2D eigenvalue weighted by Crippen LogP contribution is -2.48. The van der Waals surface area contributed by atoms with E-state index in [0.717, 1.165) is 65.7 Å². The molecule has 4 heterocycles. The second kappa shape index (κ2) is 9.53. The molecule has 180 valence electrons. The van der Waals surface area contributed by atoms with E-state index < -0.39 is 0 Å². The number of nitrogen functional groups attached to an aromatic ring is 1. The molecule has 36 heavy (non-hydrogen) atoms. The van der Waals surface area contributed by atoms with Crippen molar-refractivity contribution in [1.82, 2.24) is 29.7 Å². The van der Waals surface area contributed by atoms with Crippen LogP contribution >= 0.6 is 0 Å². The fourth-order valence-corrected chi connectivity index (χ4v) is 4.92. The predicted molar refractivity (Wildman–Crippen MR) is 145 cm³/mol. The van der Waals surface area contributed by atoms with Gasteiger partial charge in [-0.2, -0.15) is 0 Å². The van der Waals surface area contributed by atoms with Crippen LogP contribution in [-0.4, -0.2) is 50.1 Å². The fourth-order valence-electron chi connectivity index (χ4n) is 4.92. The van der Waals surface area contributed by atoms with Gasteiger partial charge >= 0.3 is 0 Å². The number of benzene rings is 2. The van der Waals surface area contributed by atoms with Gasteiger partial charge in [0, 0.05) is 49.7 Å². The molecule has 7 nitrogen and oxygen atoms in total. The molecule has 0 saturated carbocycles. The molecule has 6 rings (SSSR count). The van der Waals surface area contributed by atoms with E-state index in [9.17, 15) is 0 Å². The highest BCUT2D eigenvalue weighted by Crippen LogP contribution is 2.31. The van der Waals surface area contributed by atoms with Gasteiger partial charge in [-0.15, -0.1) is 0 Å². The molecule has 0 aliphatic carbocycles. The molecule has 1 aliphatic rings. The van der Waals surface area contributed by atoms with Gasteiger partial charge in [0.05, 0.1) is 11.3 Å². The minimum atomic E-state index is 0.446. The molecule has 0 unspecified atom stereocenters. The number of fused-ring (bicyclic) bond motifs is 1. The lowest BCUT2D eigenvalue weighted by atomic mass is 10.1. The van der Waals surface area contributed by atoms with Gasteiger partial charge in [0.2, 0.25) is 0 Å². The monoisotopic (exact) mass is 475 g/mol. The zero-order valence-corrected chi connectivity index (χ0v) is 20.3. The molecule has 1 fully saturated rings. The number of aromatic nitrogens is 4. The molecular weight excluding hydrogens is 446 g/mol. The molecule has 1 atom stereocenters. The molecule has 1 aliphatic heterocycles. The Labute approximate surface area is 210 Å². The Kier molecular flexibility index (Phi) is 5.93. The van der Waals surface area contributed by atoms with E-state index in [2.05, 4.69) is 63.1 Å². The largest absolute Gasteiger partial charge is 0.383 e. The molecule has 7 heteroatoms. The molecule has 3 aromatic heterocycles. The number of nitrogens with zero attached hydrogens (tertiary/aromatic N) is 5. The lowest BCUT2D eigenvalue weighted by Gasteiger charge is -2.31. The van der Waals surface area contributed by atoms with E-state index in [1.807, 2.05) is 42.5 Å².